The molecule has 1 heterocycles. The van der Waals surface area contributed by atoms with Gasteiger partial charge in [0.05, 0.1) is 11.7 Å². The van der Waals surface area contributed by atoms with E-state index in [0.717, 1.165) is 24.5 Å². The number of hydrogen-bond donors (Lipinski definition) is 1. The first-order valence-corrected chi connectivity index (χ1v) is 5.77. The van der Waals surface area contributed by atoms with Gasteiger partial charge in [-0.15, -0.1) is 0 Å². The van der Waals surface area contributed by atoms with Crippen molar-refractivity contribution in [2.24, 2.45) is 0 Å². The molecule has 2 rings (SSSR count). The van der Waals surface area contributed by atoms with Gasteiger partial charge in [0.15, 0.2) is 0 Å². The first-order chi connectivity index (χ1) is 8.11. The van der Waals surface area contributed by atoms with Crippen LogP contribution in [0.15, 0.2) is 18.2 Å². The summed E-state index contributed by atoms with van der Waals surface area (Å²) in [4.78, 5) is 10.9. The average Bonchev–Trinajstić information content (AvgIpc) is 2.76. The third kappa shape index (κ3) is 2.47. The Labute approximate surface area is 99.2 Å². The van der Waals surface area contributed by atoms with Crippen molar-refractivity contribution >= 4 is 5.97 Å². The van der Waals surface area contributed by atoms with Crippen LogP contribution in [-0.2, 0) is 4.74 Å². The second-order valence-corrected chi connectivity index (χ2v) is 4.29. The summed E-state index contributed by atoms with van der Waals surface area (Å²) in [5, 5.41) is 8.90. The molecule has 1 aliphatic rings. The fraction of sp³-hybridized carbons (Fsp3) is 0.462. The summed E-state index contributed by atoms with van der Waals surface area (Å²) in [7, 11) is 0. The zero-order valence-corrected chi connectivity index (χ0v) is 9.65. The van der Waals surface area contributed by atoms with E-state index >= 15 is 0 Å². The van der Waals surface area contributed by atoms with Crippen LogP contribution in [0.2, 0.25) is 0 Å². The van der Waals surface area contributed by atoms with Crippen molar-refractivity contribution in [2.75, 3.05) is 6.61 Å². The minimum Gasteiger partial charge on any atom is -0.478 e. The van der Waals surface area contributed by atoms with Crippen molar-refractivity contribution < 1.29 is 19.0 Å². The number of carboxylic acid groups (broad SMARTS) is 1. The van der Waals surface area contributed by atoms with Gasteiger partial charge in [-0.25, -0.2) is 9.18 Å². The molecule has 0 amide bonds. The van der Waals surface area contributed by atoms with Crippen LogP contribution in [0.3, 0.4) is 0 Å². The lowest BCUT2D eigenvalue weighted by molar-refractivity contribution is 0.0695. The Kier molecular flexibility index (Phi) is 3.43. The molecule has 1 unspecified atom stereocenters. The smallest absolute Gasteiger partial charge is 0.335 e. The van der Waals surface area contributed by atoms with E-state index in [1.807, 2.05) is 6.92 Å². The fourth-order valence-electron chi connectivity index (χ4n) is 2.38. The van der Waals surface area contributed by atoms with Crippen molar-refractivity contribution in [2.45, 2.75) is 31.8 Å². The molecule has 1 saturated heterocycles. The van der Waals surface area contributed by atoms with E-state index in [-0.39, 0.29) is 17.6 Å². The third-order valence-corrected chi connectivity index (χ3v) is 3.21. The number of carbonyl (C=O) groups is 1. The molecule has 1 N–H and O–H groups in total. The van der Waals surface area contributed by atoms with E-state index in [2.05, 4.69) is 0 Å². The predicted molar refractivity (Wildman–Crippen MR) is 60.7 cm³/mol. The van der Waals surface area contributed by atoms with Crippen LogP contribution >= 0.6 is 0 Å². The van der Waals surface area contributed by atoms with Gasteiger partial charge in [0.2, 0.25) is 0 Å². The van der Waals surface area contributed by atoms with E-state index in [9.17, 15) is 9.18 Å². The van der Waals surface area contributed by atoms with Crippen LogP contribution in [0, 0.1) is 5.82 Å². The van der Waals surface area contributed by atoms with Crippen molar-refractivity contribution in [3.8, 4) is 0 Å². The van der Waals surface area contributed by atoms with Crippen molar-refractivity contribution in [1.29, 1.82) is 0 Å². The van der Waals surface area contributed by atoms with Crippen molar-refractivity contribution in [3.05, 3.63) is 35.1 Å². The zero-order chi connectivity index (χ0) is 12.4. The first kappa shape index (κ1) is 12.0. The summed E-state index contributed by atoms with van der Waals surface area (Å²) < 4.78 is 18.9. The fourth-order valence-corrected chi connectivity index (χ4v) is 2.38. The Bertz CT molecular complexity index is 431. The summed E-state index contributed by atoms with van der Waals surface area (Å²) >= 11 is 0. The van der Waals surface area contributed by atoms with Gasteiger partial charge in [0.1, 0.15) is 5.82 Å². The van der Waals surface area contributed by atoms with Crippen LogP contribution in [0.4, 0.5) is 4.39 Å². The maximum Gasteiger partial charge on any atom is 0.335 e. The standard InChI is InChI=1S/C13H15FO3/c1-2-12-11(3-4-17-12)8-5-9(13(15)16)7-10(14)6-8/h5-7,11-12H,2-4H2,1H3,(H,15,16)/t11-,12?/m0/s1. The molecule has 1 fully saturated rings. The van der Waals surface area contributed by atoms with E-state index in [4.69, 9.17) is 9.84 Å². The normalized spacial score (nSPS) is 23.9. The van der Waals surface area contributed by atoms with E-state index < -0.39 is 11.8 Å². The lowest BCUT2D eigenvalue weighted by Gasteiger charge is -2.17. The van der Waals surface area contributed by atoms with Crippen molar-refractivity contribution in [3.63, 3.8) is 0 Å². The summed E-state index contributed by atoms with van der Waals surface area (Å²) in [6.45, 7) is 2.67. The Balaban J connectivity index is 2.34. The van der Waals surface area contributed by atoms with Gasteiger partial charge in [-0.3, -0.25) is 0 Å². The highest BCUT2D eigenvalue weighted by Crippen LogP contribution is 2.33. The van der Waals surface area contributed by atoms with Gasteiger partial charge in [0.25, 0.3) is 0 Å². The molecule has 1 aromatic carbocycles. The average molecular weight is 238 g/mol. The summed E-state index contributed by atoms with van der Waals surface area (Å²) in [5.41, 5.74) is 0.730. The summed E-state index contributed by atoms with van der Waals surface area (Å²) in [6, 6.07) is 4.00. The maximum absolute atomic E-state index is 13.4. The zero-order valence-electron chi connectivity index (χ0n) is 9.65. The highest BCUT2D eigenvalue weighted by Gasteiger charge is 2.29. The Morgan fingerprint density at radius 2 is 2.29 bits per heavy atom. The Hall–Kier alpha value is -1.42. The summed E-state index contributed by atoms with van der Waals surface area (Å²) in [6.07, 6.45) is 1.74. The highest BCUT2D eigenvalue weighted by molar-refractivity contribution is 5.87. The number of halogens is 1. The van der Waals surface area contributed by atoms with Gasteiger partial charge < -0.3 is 9.84 Å². The molecule has 0 spiro atoms. The second-order valence-electron chi connectivity index (χ2n) is 4.29. The van der Waals surface area contributed by atoms with Gasteiger partial charge in [-0.1, -0.05) is 6.92 Å². The Morgan fingerprint density at radius 1 is 1.53 bits per heavy atom. The van der Waals surface area contributed by atoms with Crippen LogP contribution < -0.4 is 0 Å². The molecule has 2 atom stereocenters. The van der Waals surface area contributed by atoms with Gasteiger partial charge in [-0.05, 0) is 36.6 Å². The van der Waals surface area contributed by atoms with E-state index in [1.54, 1.807) is 6.07 Å². The number of ether oxygens (including phenoxy) is 1. The number of carboxylic acids is 1. The summed E-state index contributed by atoms with van der Waals surface area (Å²) in [5.74, 6) is -1.49. The topological polar surface area (TPSA) is 46.5 Å². The molecule has 0 bridgehead atoms. The lowest BCUT2D eigenvalue weighted by atomic mass is 9.90. The molecule has 1 aliphatic heterocycles. The van der Waals surface area contributed by atoms with E-state index in [0.29, 0.717) is 6.61 Å². The minimum absolute atomic E-state index is 0.00162. The molecule has 17 heavy (non-hydrogen) atoms. The maximum atomic E-state index is 13.4. The molecular weight excluding hydrogens is 223 g/mol. The molecule has 0 saturated carbocycles. The first-order valence-electron chi connectivity index (χ1n) is 5.77. The monoisotopic (exact) mass is 238 g/mol. The minimum atomic E-state index is -1.10. The van der Waals surface area contributed by atoms with Gasteiger partial charge in [-0.2, -0.15) is 0 Å². The predicted octanol–water partition coefficient (Wildman–Crippen LogP) is 2.81. The number of benzene rings is 1. The number of rotatable bonds is 3. The molecule has 92 valence electrons. The van der Waals surface area contributed by atoms with Crippen LogP contribution in [-0.4, -0.2) is 23.8 Å². The van der Waals surface area contributed by atoms with Gasteiger partial charge in [0, 0.05) is 12.5 Å². The molecule has 1 aromatic rings. The molecule has 4 heteroatoms. The van der Waals surface area contributed by atoms with Crippen molar-refractivity contribution in [1.82, 2.24) is 0 Å². The number of aromatic carboxylic acids is 1. The highest BCUT2D eigenvalue weighted by atomic mass is 19.1. The third-order valence-electron chi connectivity index (χ3n) is 3.21. The number of hydrogen-bond acceptors (Lipinski definition) is 2. The molecule has 0 radical (unpaired) electrons. The van der Waals surface area contributed by atoms with Crippen LogP contribution in [0.5, 0.6) is 0 Å². The SMILES string of the molecule is CCC1OCC[C@H]1c1cc(F)cc(C(=O)O)c1. The quantitative estimate of drug-likeness (QED) is 0.880. The van der Waals surface area contributed by atoms with Gasteiger partial charge >= 0.3 is 5.97 Å². The largest absolute Gasteiger partial charge is 0.478 e. The van der Waals surface area contributed by atoms with Crippen LogP contribution in [0.25, 0.3) is 0 Å². The molecule has 0 aliphatic carbocycles. The Morgan fingerprint density at radius 3 is 2.94 bits per heavy atom. The molecule has 3 nitrogen and oxygen atoms in total. The molecule has 0 aromatic heterocycles. The van der Waals surface area contributed by atoms with Crippen LogP contribution in [0.1, 0.15) is 41.6 Å². The van der Waals surface area contributed by atoms with E-state index in [1.165, 1.54) is 6.07 Å². The lowest BCUT2D eigenvalue weighted by Crippen LogP contribution is -2.13. The molecular formula is C13H15FO3. The second kappa shape index (κ2) is 4.84.